The first-order valence-corrected chi connectivity index (χ1v) is 11.3. The van der Waals surface area contributed by atoms with Crippen LogP contribution in [0.2, 0.25) is 0 Å². The maximum atomic E-state index is 13.3. The number of allylic oxidation sites excluding steroid dienone is 1. The van der Waals surface area contributed by atoms with Crippen LogP contribution >= 0.6 is 0 Å². The Balaban J connectivity index is 1.44. The summed E-state index contributed by atoms with van der Waals surface area (Å²) in [6.07, 6.45) is 1.71. The van der Waals surface area contributed by atoms with Gasteiger partial charge < -0.3 is 23.7 Å². The lowest BCUT2D eigenvalue weighted by Gasteiger charge is -2.30. The molecule has 2 aliphatic heterocycles. The van der Waals surface area contributed by atoms with Crippen molar-refractivity contribution in [2.45, 2.75) is 20.0 Å². The number of hydrogen-bond donors (Lipinski definition) is 0. The standard InChI is InChI=1S/C28H27NO6/c1-17-11-24-22(15-29(16-34-24)14-18-5-8-20(31-2)9-6-18)28-26(17)27(30)25(35-28)12-19-7-10-21(32-3)13-23(19)33-4/h5-13H,14-16H2,1-4H3/b25-12-. The molecule has 0 saturated carbocycles. The van der Waals surface area contributed by atoms with Gasteiger partial charge in [-0.1, -0.05) is 12.1 Å². The molecule has 0 atom stereocenters. The Bertz CT molecular complexity index is 1310. The number of methoxy groups -OCH3 is 3. The van der Waals surface area contributed by atoms with Gasteiger partial charge in [-0.3, -0.25) is 9.69 Å². The van der Waals surface area contributed by atoms with Gasteiger partial charge in [0.05, 0.1) is 32.5 Å². The fourth-order valence-corrected chi connectivity index (χ4v) is 4.45. The van der Waals surface area contributed by atoms with Gasteiger partial charge >= 0.3 is 0 Å². The lowest BCUT2D eigenvalue weighted by Crippen LogP contribution is -2.31. The first-order valence-electron chi connectivity index (χ1n) is 11.3. The molecule has 0 amide bonds. The molecule has 7 heteroatoms. The number of benzene rings is 3. The van der Waals surface area contributed by atoms with E-state index in [9.17, 15) is 4.79 Å². The van der Waals surface area contributed by atoms with Gasteiger partial charge in [0.25, 0.3) is 0 Å². The average molecular weight is 474 g/mol. The number of aryl methyl sites for hydroxylation is 1. The molecule has 0 bridgehead atoms. The molecule has 3 aromatic rings. The lowest BCUT2D eigenvalue weighted by molar-refractivity contribution is 0.0872. The number of fused-ring (bicyclic) bond motifs is 3. The zero-order valence-electron chi connectivity index (χ0n) is 20.2. The van der Waals surface area contributed by atoms with Gasteiger partial charge in [0, 0.05) is 24.7 Å². The van der Waals surface area contributed by atoms with Crippen LogP contribution in [0.3, 0.4) is 0 Å². The Hall–Kier alpha value is -3.97. The van der Waals surface area contributed by atoms with E-state index in [2.05, 4.69) is 4.90 Å². The zero-order valence-corrected chi connectivity index (χ0v) is 20.2. The summed E-state index contributed by atoms with van der Waals surface area (Å²) in [6, 6.07) is 15.3. The summed E-state index contributed by atoms with van der Waals surface area (Å²) in [7, 11) is 4.83. The van der Waals surface area contributed by atoms with E-state index in [4.69, 9.17) is 23.7 Å². The van der Waals surface area contributed by atoms with Crippen molar-refractivity contribution in [3.8, 4) is 28.7 Å². The second kappa shape index (κ2) is 9.35. The molecule has 0 unspecified atom stereocenters. The van der Waals surface area contributed by atoms with E-state index >= 15 is 0 Å². The highest BCUT2D eigenvalue weighted by molar-refractivity contribution is 6.16. The maximum absolute atomic E-state index is 13.3. The molecule has 0 fully saturated rings. The quantitative estimate of drug-likeness (QED) is 0.467. The first kappa shape index (κ1) is 22.8. The smallest absolute Gasteiger partial charge is 0.232 e. The van der Waals surface area contributed by atoms with Crippen molar-refractivity contribution in [1.82, 2.24) is 4.90 Å². The van der Waals surface area contributed by atoms with Gasteiger partial charge in [0.2, 0.25) is 5.78 Å². The number of carbonyl (C=O) groups is 1. The van der Waals surface area contributed by atoms with Crippen molar-refractivity contribution < 1.29 is 28.5 Å². The van der Waals surface area contributed by atoms with Crippen LogP contribution in [0.25, 0.3) is 6.08 Å². The highest BCUT2D eigenvalue weighted by Gasteiger charge is 2.35. The van der Waals surface area contributed by atoms with E-state index < -0.39 is 0 Å². The molecule has 2 heterocycles. The van der Waals surface area contributed by atoms with Gasteiger partial charge in [0.1, 0.15) is 35.5 Å². The maximum Gasteiger partial charge on any atom is 0.232 e. The Kier molecular flexibility index (Phi) is 6.09. The minimum absolute atomic E-state index is 0.148. The third kappa shape index (κ3) is 4.31. The van der Waals surface area contributed by atoms with Crippen LogP contribution < -0.4 is 23.7 Å². The molecule has 0 spiro atoms. The van der Waals surface area contributed by atoms with Crippen LogP contribution in [-0.4, -0.2) is 38.7 Å². The van der Waals surface area contributed by atoms with Crippen molar-refractivity contribution in [3.63, 3.8) is 0 Å². The molecule has 2 aliphatic rings. The summed E-state index contributed by atoms with van der Waals surface area (Å²) >= 11 is 0. The van der Waals surface area contributed by atoms with Crippen LogP contribution in [0, 0.1) is 6.92 Å². The van der Waals surface area contributed by atoms with E-state index in [1.165, 1.54) is 0 Å². The van der Waals surface area contributed by atoms with Crippen molar-refractivity contribution in [2.75, 3.05) is 28.1 Å². The monoisotopic (exact) mass is 473 g/mol. The minimum atomic E-state index is -0.148. The minimum Gasteiger partial charge on any atom is -0.497 e. The van der Waals surface area contributed by atoms with E-state index in [0.717, 1.165) is 33.8 Å². The third-order valence-electron chi connectivity index (χ3n) is 6.28. The molecular formula is C28H27NO6. The van der Waals surface area contributed by atoms with Crippen molar-refractivity contribution in [2.24, 2.45) is 0 Å². The van der Waals surface area contributed by atoms with E-state index in [1.54, 1.807) is 33.5 Å². The molecule has 0 aromatic heterocycles. The Labute approximate surface area is 204 Å². The summed E-state index contributed by atoms with van der Waals surface area (Å²) in [5.41, 5.74) is 4.16. The Morgan fingerprint density at radius 1 is 0.971 bits per heavy atom. The number of carbonyl (C=O) groups excluding carboxylic acids is 1. The fourth-order valence-electron chi connectivity index (χ4n) is 4.45. The summed E-state index contributed by atoms with van der Waals surface area (Å²) in [5.74, 6) is 3.52. The molecule has 0 saturated heterocycles. The highest BCUT2D eigenvalue weighted by Crippen LogP contribution is 2.44. The van der Waals surface area contributed by atoms with E-state index in [1.807, 2.05) is 49.4 Å². The molecule has 3 aromatic carbocycles. The average Bonchev–Trinajstić information content (AvgIpc) is 3.21. The Morgan fingerprint density at radius 3 is 2.43 bits per heavy atom. The molecule has 35 heavy (non-hydrogen) atoms. The molecular weight excluding hydrogens is 446 g/mol. The predicted octanol–water partition coefficient (Wildman–Crippen LogP) is 4.99. The van der Waals surface area contributed by atoms with Gasteiger partial charge in [0.15, 0.2) is 5.76 Å². The van der Waals surface area contributed by atoms with Gasteiger partial charge in [-0.05, 0) is 54.5 Å². The molecule has 0 N–H and O–H groups in total. The van der Waals surface area contributed by atoms with Crippen LogP contribution in [0.5, 0.6) is 28.7 Å². The summed E-state index contributed by atoms with van der Waals surface area (Å²) in [6.45, 7) is 3.67. The van der Waals surface area contributed by atoms with Crippen LogP contribution in [0.1, 0.15) is 32.6 Å². The second-order valence-electron chi connectivity index (χ2n) is 8.53. The number of nitrogens with zero attached hydrogens (tertiary/aromatic N) is 1. The van der Waals surface area contributed by atoms with Gasteiger partial charge in [-0.2, -0.15) is 0 Å². The number of ether oxygens (including phenoxy) is 5. The van der Waals surface area contributed by atoms with Crippen molar-refractivity contribution >= 4 is 11.9 Å². The molecule has 0 radical (unpaired) electrons. The van der Waals surface area contributed by atoms with Crippen molar-refractivity contribution in [3.05, 3.63) is 82.1 Å². The van der Waals surface area contributed by atoms with E-state index in [-0.39, 0.29) is 11.5 Å². The first-order chi connectivity index (χ1) is 17.0. The van der Waals surface area contributed by atoms with Gasteiger partial charge in [-0.25, -0.2) is 0 Å². The number of rotatable bonds is 6. The zero-order chi connectivity index (χ0) is 24.5. The van der Waals surface area contributed by atoms with Crippen LogP contribution in [-0.2, 0) is 13.1 Å². The largest absolute Gasteiger partial charge is 0.497 e. The second-order valence-corrected chi connectivity index (χ2v) is 8.53. The topological polar surface area (TPSA) is 66.5 Å². The normalized spacial score (nSPS) is 15.8. The molecule has 5 rings (SSSR count). The number of hydrogen-bond acceptors (Lipinski definition) is 7. The van der Waals surface area contributed by atoms with Crippen LogP contribution in [0.4, 0.5) is 0 Å². The van der Waals surface area contributed by atoms with E-state index in [0.29, 0.717) is 42.6 Å². The molecule has 0 aliphatic carbocycles. The van der Waals surface area contributed by atoms with Crippen molar-refractivity contribution in [1.29, 1.82) is 0 Å². The highest BCUT2D eigenvalue weighted by atomic mass is 16.5. The summed E-state index contributed by atoms with van der Waals surface area (Å²) in [5, 5.41) is 0. The fraction of sp³-hybridized carbons (Fsp3) is 0.250. The summed E-state index contributed by atoms with van der Waals surface area (Å²) < 4.78 is 28.3. The number of Topliss-reactive ketones (excluding diaryl/α,β-unsaturated/α-hetero) is 1. The Morgan fingerprint density at radius 2 is 1.71 bits per heavy atom. The third-order valence-corrected chi connectivity index (χ3v) is 6.28. The number of ketones is 1. The lowest BCUT2D eigenvalue weighted by atomic mass is 9.98. The summed E-state index contributed by atoms with van der Waals surface area (Å²) in [4.78, 5) is 15.5. The SMILES string of the molecule is COc1ccc(CN2COc3cc(C)c4c(c3C2)O/C(=C\c2ccc(OC)cc2OC)C4=O)cc1. The van der Waals surface area contributed by atoms with Crippen LogP contribution in [0.15, 0.2) is 54.3 Å². The predicted molar refractivity (Wildman–Crippen MR) is 131 cm³/mol. The van der Waals surface area contributed by atoms with Gasteiger partial charge in [-0.15, -0.1) is 0 Å². The molecule has 7 nitrogen and oxygen atoms in total. The molecule has 180 valence electrons.